The number of carbonyl (C=O) groups excluding carboxylic acids is 1. The number of benzene rings is 1. The Labute approximate surface area is 169 Å². The van der Waals surface area contributed by atoms with Crippen LogP contribution in [0.15, 0.2) is 27.1 Å². The lowest BCUT2D eigenvalue weighted by Crippen LogP contribution is -2.38. The number of furan rings is 1. The van der Waals surface area contributed by atoms with Crippen molar-refractivity contribution in [3.63, 3.8) is 0 Å². The number of amides is 1. The maximum Gasteiger partial charge on any atom is 0.258 e. The number of nitrogens with zero attached hydrogens (tertiary/aromatic N) is 2. The van der Waals surface area contributed by atoms with Gasteiger partial charge in [0.25, 0.3) is 5.91 Å². The van der Waals surface area contributed by atoms with Crippen LogP contribution < -0.4 is 0 Å². The van der Waals surface area contributed by atoms with Crippen LogP contribution in [0.25, 0.3) is 10.2 Å². The Morgan fingerprint density at radius 1 is 1.31 bits per heavy atom. The van der Waals surface area contributed by atoms with E-state index in [1.54, 1.807) is 11.3 Å². The molecule has 0 unspecified atom stereocenters. The molecule has 3 heterocycles. The number of hydrogen-bond acceptors (Lipinski definition) is 4. The third-order valence-corrected chi connectivity index (χ3v) is 7.29. The Bertz CT molecular complexity index is 989. The summed E-state index contributed by atoms with van der Waals surface area (Å²) in [4.78, 5) is 19.6. The molecule has 4 rings (SSSR count). The Hall–Kier alpha value is -1.37. The first-order valence-corrected chi connectivity index (χ1v) is 10.5. The molecule has 0 atom stereocenters. The fourth-order valence-corrected chi connectivity index (χ4v) is 5.29. The third kappa shape index (κ3) is 3.19. The van der Waals surface area contributed by atoms with E-state index in [-0.39, 0.29) is 5.91 Å². The van der Waals surface area contributed by atoms with Crippen LogP contribution in [0.1, 0.15) is 45.6 Å². The summed E-state index contributed by atoms with van der Waals surface area (Å²) in [5.74, 6) is 1.85. The van der Waals surface area contributed by atoms with Gasteiger partial charge >= 0.3 is 0 Å². The molecule has 1 aliphatic heterocycles. The summed E-state index contributed by atoms with van der Waals surface area (Å²) in [5.41, 5.74) is 1.61. The molecule has 0 aliphatic carbocycles. The molecule has 0 saturated carbocycles. The lowest BCUT2D eigenvalue weighted by Gasteiger charge is -2.31. The molecule has 1 amide bonds. The predicted molar refractivity (Wildman–Crippen MR) is 108 cm³/mol. The topological polar surface area (TPSA) is 46.3 Å². The smallest absolute Gasteiger partial charge is 0.258 e. The van der Waals surface area contributed by atoms with Crippen molar-refractivity contribution in [2.24, 2.45) is 0 Å². The van der Waals surface area contributed by atoms with E-state index in [1.165, 1.54) is 0 Å². The summed E-state index contributed by atoms with van der Waals surface area (Å²) in [6.45, 7) is 5.16. The molecule has 26 heavy (non-hydrogen) atoms. The lowest BCUT2D eigenvalue weighted by molar-refractivity contribution is 0.0710. The van der Waals surface area contributed by atoms with Crippen LogP contribution in [0, 0.1) is 13.8 Å². The summed E-state index contributed by atoms with van der Waals surface area (Å²) < 4.78 is 7.51. The number of carbonyl (C=O) groups is 1. The van der Waals surface area contributed by atoms with Crippen molar-refractivity contribution in [3.8, 4) is 0 Å². The van der Waals surface area contributed by atoms with Gasteiger partial charge in [0.1, 0.15) is 11.5 Å². The fraction of sp³-hybridized carbons (Fsp3) is 0.368. The van der Waals surface area contributed by atoms with E-state index in [0.29, 0.717) is 22.3 Å². The van der Waals surface area contributed by atoms with Gasteiger partial charge in [-0.25, -0.2) is 4.98 Å². The first kappa shape index (κ1) is 18.0. The highest BCUT2D eigenvalue weighted by Crippen LogP contribution is 2.36. The highest BCUT2D eigenvalue weighted by Gasteiger charge is 2.29. The van der Waals surface area contributed by atoms with E-state index in [9.17, 15) is 4.79 Å². The van der Waals surface area contributed by atoms with Gasteiger partial charge in [-0.15, -0.1) is 11.3 Å². The van der Waals surface area contributed by atoms with E-state index < -0.39 is 0 Å². The van der Waals surface area contributed by atoms with E-state index in [1.807, 2.05) is 36.9 Å². The van der Waals surface area contributed by atoms with E-state index in [0.717, 1.165) is 51.4 Å². The number of aromatic nitrogens is 1. The molecule has 0 bridgehead atoms. The third-order valence-electron chi connectivity index (χ3n) is 4.90. The molecular weight excluding hydrogens is 436 g/mol. The Kier molecular flexibility index (Phi) is 4.84. The van der Waals surface area contributed by atoms with Crippen LogP contribution in [0.4, 0.5) is 0 Å². The molecule has 4 nitrogen and oxygen atoms in total. The molecule has 1 saturated heterocycles. The Morgan fingerprint density at radius 2 is 2.04 bits per heavy atom. The summed E-state index contributed by atoms with van der Waals surface area (Å²) in [6.07, 6.45) is 1.85. The second-order valence-electron chi connectivity index (χ2n) is 6.63. The summed E-state index contributed by atoms with van der Waals surface area (Å²) in [6, 6.07) is 5.84. The Morgan fingerprint density at radius 3 is 2.69 bits per heavy atom. The van der Waals surface area contributed by atoms with Gasteiger partial charge in [-0.05, 0) is 60.8 Å². The molecule has 0 spiro atoms. The normalized spacial score (nSPS) is 15.8. The van der Waals surface area contributed by atoms with Crippen molar-refractivity contribution in [2.75, 3.05) is 13.1 Å². The van der Waals surface area contributed by atoms with Gasteiger partial charge < -0.3 is 9.32 Å². The first-order chi connectivity index (χ1) is 12.4. The van der Waals surface area contributed by atoms with Crippen molar-refractivity contribution in [1.29, 1.82) is 0 Å². The largest absolute Gasteiger partial charge is 0.465 e. The molecule has 3 aromatic rings. The van der Waals surface area contributed by atoms with Gasteiger partial charge in [0.15, 0.2) is 0 Å². The van der Waals surface area contributed by atoms with Crippen molar-refractivity contribution in [2.45, 2.75) is 32.6 Å². The van der Waals surface area contributed by atoms with Crippen LogP contribution >= 0.6 is 38.9 Å². The number of piperidine rings is 1. The summed E-state index contributed by atoms with van der Waals surface area (Å²) in [5, 5.41) is 1.86. The second kappa shape index (κ2) is 6.98. The fourth-order valence-electron chi connectivity index (χ4n) is 3.48. The number of rotatable bonds is 2. The average molecular weight is 454 g/mol. The van der Waals surface area contributed by atoms with Crippen LogP contribution in [0.3, 0.4) is 0 Å². The molecule has 1 aromatic carbocycles. The van der Waals surface area contributed by atoms with Crippen molar-refractivity contribution < 1.29 is 9.21 Å². The average Bonchev–Trinajstić information content (AvgIpc) is 3.15. The number of fused-ring (bicyclic) bond motifs is 1. The van der Waals surface area contributed by atoms with Crippen molar-refractivity contribution in [3.05, 3.63) is 49.8 Å². The zero-order chi connectivity index (χ0) is 18.4. The molecule has 2 aromatic heterocycles. The minimum atomic E-state index is 0.0424. The standard InChI is InChI=1S/C19H18BrClN2O2S/c1-10-16(17(20)11(2)25-10)19(24)23-7-5-12(6-8-23)18-22-14-9-13(21)3-4-15(14)26-18/h3-4,9,12H,5-8H2,1-2H3. The predicted octanol–water partition coefficient (Wildman–Crippen LogP) is 5.94. The van der Waals surface area contributed by atoms with Crippen molar-refractivity contribution in [1.82, 2.24) is 9.88 Å². The molecule has 136 valence electrons. The van der Waals surface area contributed by atoms with E-state index in [2.05, 4.69) is 15.9 Å². The van der Waals surface area contributed by atoms with Gasteiger partial charge in [0.05, 0.1) is 25.3 Å². The zero-order valence-electron chi connectivity index (χ0n) is 14.5. The van der Waals surface area contributed by atoms with Crippen LogP contribution in [-0.2, 0) is 0 Å². The maximum absolute atomic E-state index is 12.9. The van der Waals surface area contributed by atoms with Crippen LogP contribution in [0.5, 0.6) is 0 Å². The lowest BCUT2D eigenvalue weighted by atomic mass is 9.97. The van der Waals surface area contributed by atoms with Gasteiger partial charge in [-0.3, -0.25) is 4.79 Å². The number of hydrogen-bond donors (Lipinski definition) is 0. The number of thiazole rings is 1. The Balaban J connectivity index is 1.48. The van der Waals surface area contributed by atoms with E-state index >= 15 is 0 Å². The molecule has 1 fully saturated rings. The highest BCUT2D eigenvalue weighted by atomic mass is 79.9. The van der Waals surface area contributed by atoms with Gasteiger partial charge in [-0.1, -0.05) is 11.6 Å². The summed E-state index contributed by atoms with van der Waals surface area (Å²) >= 11 is 11.3. The molecule has 0 radical (unpaired) electrons. The second-order valence-corrected chi connectivity index (χ2v) is 8.93. The minimum absolute atomic E-state index is 0.0424. The van der Waals surface area contributed by atoms with Gasteiger partial charge in [-0.2, -0.15) is 0 Å². The van der Waals surface area contributed by atoms with Crippen molar-refractivity contribution >= 4 is 55.0 Å². The van der Waals surface area contributed by atoms with Gasteiger partial charge in [0.2, 0.25) is 0 Å². The number of aryl methyl sites for hydroxylation is 2. The zero-order valence-corrected chi connectivity index (χ0v) is 17.7. The molecular formula is C19H18BrClN2O2S. The molecule has 7 heteroatoms. The van der Waals surface area contributed by atoms with Crippen LogP contribution in [-0.4, -0.2) is 28.9 Å². The molecule has 1 aliphatic rings. The summed E-state index contributed by atoms with van der Waals surface area (Å²) in [7, 11) is 0. The van der Waals surface area contributed by atoms with E-state index in [4.69, 9.17) is 21.0 Å². The van der Waals surface area contributed by atoms with Gasteiger partial charge in [0, 0.05) is 24.0 Å². The quantitative estimate of drug-likeness (QED) is 0.482. The first-order valence-electron chi connectivity index (χ1n) is 8.55. The van der Waals surface area contributed by atoms with Crippen LogP contribution in [0.2, 0.25) is 5.02 Å². The number of likely N-dealkylation sites (tertiary alicyclic amines) is 1. The monoisotopic (exact) mass is 452 g/mol. The maximum atomic E-state index is 12.9. The SMILES string of the molecule is Cc1oc(C)c(C(=O)N2CCC(c3nc4cc(Cl)ccc4s3)CC2)c1Br. The minimum Gasteiger partial charge on any atom is -0.465 e. The number of halogens is 2. The highest BCUT2D eigenvalue weighted by molar-refractivity contribution is 9.10. The molecule has 0 N–H and O–H groups in total.